The van der Waals surface area contributed by atoms with Crippen molar-refractivity contribution in [3.8, 4) is 5.88 Å². The lowest BCUT2D eigenvalue weighted by molar-refractivity contribution is 0.00547. The van der Waals surface area contributed by atoms with Crippen LogP contribution in [0, 0.1) is 6.92 Å². The molecule has 1 aromatic rings. The Balaban J connectivity index is 3.08. The highest BCUT2D eigenvalue weighted by Gasteiger charge is 2.30. The first-order valence-electron chi connectivity index (χ1n) is 4.10. The van der Waals surface area contributed by atoms with Crippen LogP contribution in [-0.2, 0) is 5.92 Å². The molecule has 78 valence electrons. The number of aromatic nitrogens is 1. The van der Waals surface area contributed by atoms with Crippen LogP contribution in [0.15, 0.2) is 12.3 Å². The second-order valence-corrected chi connectivity index (χ2v) is 2.96. The van der Waals surface area contributed by atoms with E-state index in [9.17, 15) is 8.78 Å². The van der Waals surface area contributed by atoms with Gasteiger partial charge in [0.2, 0.25) is 5.88 Å². The molecule has 3 nitrogen and oxygen atoms in total. The number of ether oxygens (including phenoxy) is 1. The van der Waals surface area contributed by atoms with Crippen LogP contribution in [0.4, 0.5) is 8.78 Å². The molecular formula is C9H12F2N2O. The van der Waals surface area contributed by atoms with Crippen molar-refractivity contribution in [2.45, 2.75) is 12.8 Å². The summed E-state index contributed by atoms with van der Waals surface area (Å²) < 4.78 is 31.0. The topological polar surface area (TPSA) is 48.1 Å². The molecule has 1 aromatic heterocycles. The fourth-order valence-electron chi connectivity index (χ4n) is 1.09. The van der Waals surface area contributed by atoms with E-state index in [-0.39, 0.29) is 5.56 Å². The maximum absolute atomic E-state index is 13.1. The summed E-state index contributed by atoms with van der Waals surface area (Å²) in [5, 5.41) is 0. The molecule has 0 saturated carbocycles. The molecule has 2 N–H and O–H groups in total. The lowest BCUT2D eigenvalue weighted by Gasteiger charge is -2.14. The van der Waals surface area contributed by atoms with E-state index in [0.717, 1.165) is 6.20 Å². The zero-order valence-corrected chi connectivity index (χ0v) is 8.05. The Morgan fingerprint density at radius 2 is 2.21 bits per heavy atom. The molecule has 0 unspecified atom stereocenters. The molecule has 0 radical (unpaired) electrons. The van der Waals surface area contributed by atoms with Crippen molar-refractivity contribution >= 4 is 0 Å². The number of hydrogen-bond donors (Lipinski definition) is 1. The average Bonchev–Trinajstić information content (AvgIpc) is 2.17. The van der Waals surface area contributed by atoms with Gasteiger partial charge >= 0.3 is 0 Å². The van der Waals surface area contributed by atoms with Crippen molar-refractivity contribution in [2.75, 3.05) is 13.7 Å². The number of hydrogen-bond acceptors (Lipinski definition) is 3. The molecule has 0 amide bonds. The number of rotatable bonds is 3. The zero-order valence-electron chi connectivity index (χ0n) is 8.05. The highest BCUT2D eigenvalue weighted by atomic mass is 19.3. The van der Waals surface area contributed by atoms with Crippen LogP contribution in [0.1, 0.15) is 11.1 Å². The summed E-state index contributed by atoms with van der Waals surface area (Å²) >= 11 is 0. The third-order valence-corrected chi connectivity index (χ3v) is 1.90. The fourth-order valence-corrected chi connectivity index (χ4v) is 1.09. The van der Waals surface area contributed by atoms with Crippen molar-refractivity contribution in [3.63, 3.8) is 0 Å². The largest absolute Gasteiger partial charge is 0.481 e. The molecule has 0 aliphatic rings. The minimum atomic E-state index is -3.02. The maximum Gasteiger partial charge on any atom is 0.286 e. The Kier molecular flexibility index (Phi) is 3.00. The van der Waals surface area contributed by atoms with Crippen LogP contribution in [0.2, 0.25) is 0 Å². The quantitative estimate of drug-likeness (QED) is 0.807. The summed E-state index contributed by atoms with van der Waals surface area (Å²) in [6.45, 7) is 0.933. The second kappa shape index (κ2) is 3.88. The van der Waals surface area contributed by atoms with Gasteiger partial charge in [-0.3, -0.25) is 0 Å². The Morgan fingerprint density at radius 3 is 2.64 bits per heavy atom. The number of halogens is 2. The lowest BCUT2D eigenvalue weighted by atomic mass is 10.1. The van der Waals surface area contributed by atoms with Gasteiger partial charge in [0.15, 0.2) is 0 Å². The summed E-state index contributed by atoms with van der Waals surface area (Å²) in [5.74, 6) is -2.68. The Hall–Kier alpha value is -1.23. The van der Waals surface area contributed by atoms with E-state index in [2.05, 4.69) is 4.98 Å². The molecule has 1 rings (SSSR count). The zero-order chi connectivity index (χ0) is 10.8. The summed E-state index contributed by atoms with van der Waals surface area (Å²) in [4.78, 5) is 3.75. The van der Waals surface area contributed by atoms with Gasteiger partial charge in [-0.25, -0.2) is 4.98 Å². The van der Waals surface area contributed by atoms with Crippen molar-refractivity contribution in [1.29, 1.82) is 0 Å². The molecule has 14 heavy (non-hydrogen) atoms. The highest BCUT2D eigenvalue weighted by molar-refractivity contribution is 5.30. The number of pyridine rings is 1. The van der Waals surface area contributed by atoms with E-state index < -0.39 is 12.5 Å². The lowest BCUT2D eigenvalue weighted by Crippen LogP contribution is -2.25. The van der Waals surface area contributed by atoms with E-state index in [0.29, 0.717) is 11.4 Å². The first kappa shape index (κ1) is 10.8. The van der Waals surface area contributed by atoms with Gasteiger partial charge in [0.05, 0.1) is 13.7 Å². The normalized spacial score (nSPS) is 11.5. The number of nitrogens with two attached hydrogens (primary N) is 1. The predicted molar refractivity (Wildman–Crippen MR) is 48.5 cm³/mol. The molecule has 5 heteroatoms. The Morgan fingerprint density at radius 1 is 1.57 bits per heavy atom. The second-order valence-electron chi connectivity index (χ2n) is 2.96. The Bertz CT molecular complexity index is 329. The molecular weight excluding hydrogens is 190 g/mol. The van der Waals surface area contributed by atoms with Crippen LogP contribution in [0.3, 0.4) is 0 Å². The molecule has 1 heterocycles. The monoisotopic (exact) mass is 202 g/mol. The van der Waals surface area contributed by atoms with E-state index in [4.69, 9.17) is 10.5 Å². The van der Waals surface area contributed by atoms with Gasteiger partial charge in [-0.1, -0.05) is 0 Å². The molecule has 0 aromatic carbocycles. The van der Waals surface area contributed by atoms with E-state index in [1.807, 2.05) is 0 Å². The van der Waals surface area contributed by atoms with Gasteiger partial charge < -0.3 is 10.5 Å². The molecule has 0 aliphatic heterocycles. The highest BCUT2D eigenvalue weighted by Crippen LogP contribution is 2.28. The first-order chi connectivity index (χ1) is 6.51. The van der Waals surface area contributed by atoms with Crippen LogP contribution >= 0.6 is 0 Å². The maximum atomic E-state index is 13.1. The van der Waals surface area contributed by atoms with Gasteiger partial charge in [0.25, 0.3) is 5.92 Å². The van der Waals surface area contributed by atoms with E-state index >= 15 is 0 Å². The number of methoxy groups -OCH3 is 1. The smallest absolute Gasteiger partial charge is 0.286 e. The predicted octanol–water partition coefficient (Wildman–Crippen LogP) is 1.45. The molecule has 0 spiro atoms. The summed E-state index contributed by atoms with van der Waals surface area (Å²) in [6.07, 6.45) is 1.08. The molecule has 0 atom stereocenters. The van der Waals surface area contributed by atoms with Gasteiger partial charge in [-0.2, -0.15) is 8.78 Å². The minimum absolute atomic E-state index is 0.182. The fraction of sp³-hybridized carbons (Fsp3) is 0.444. The van der Waals surface area contributed by atoms with Crippen molar-refractivity contribution in [2.24, 2.45) is 5.73 Å². The van der Waals surface area contributed by atoms with Crippen LogP contribution in [0.25, 0.3) is 0 Å². The molecule has 0 saturated heterocycles. The first-order valence-corrected chi connectivity index (χ1v) is 4.10. The minimum Gasteiger partial charge on any atom is -0.481 e. The standard InChI is InChI=1S/C9H12F2N2O/c1-6-3-7(9(10,11)5-12)4-13-8(6)14-2/h3-4H,5,12H2,1-2H3. The summed E-state index contributed by atoms with van der Waals surface area (Å²) in [7, 11) is 1.44. The van der Waals surface area contributed by atoms with Gasteiger partial charge in [0, 0.05) is 17.3 Å². The summed E-state index contributed by atoms with van der Waals surface area (Å²) in [6, 6.07) is 1.33. The van der Waals surface area contributed by atoms with Gasteiger partial charge in [-0.05, 0) is 13.0 Å². The third kappa shape index (κ3) is 1.98. The van der Waals surface area contributed by atoms with Crippen LogP contribution < -0.4 is 10.5 Å². The Labute approximate surface area is 80.9 Å². The third-order valence-electron chi connectivity index (χ3n) is 1.90. The van der Waals surface area contributed by atoms with Gasteiger partial charge in [0.1, 0.15) is 0 Å². The number of alkyl halides is 2. The van der Waals surface area contributed by atoms with E-state index in [1.54, 1.807) is 6.92 Å². The molecule has 0 bridgehead atoms. The van der Waals surface area contributed by atoms with E-state index in [1.165, 1.54) is 13.2 Å². The summed E-state index contributed by atoms with van der Waals surface area (Å²) in [5.41, 5.74) is 5.34. The molecule has 0 fully saturated rings. The van der Waals surface area contributed by atoms with Crippen molar-refractivity contribution < 1.29 is 13.5 Å². The number of nitrogens with zero attached hydrogens (tertiary/aromatic N) is 1. The number of aryl methyl sites for hydroxylation is 1. The van der Waals surface area contributed by atoms with Crippen molar-refractivity contribution in [3.05, 3.63) is 23.4 Å². The van der Waals surface area contributed by atoms with Gasteiger partial charge in [-0.15, -0.1) is 0 Å². The van der Waals surface area contributed by atoms with Crippen LogP contribution in [0.5, 0.6) is 5.88 Å². The SMILES string of the molecule is COc1ncc(C(F)(F)CN)cc1C. The average molecular weight is 202 g/mol. The van der Waals surface area contributed by atoms with Crippen molar-refractivity contribution in [1.82, 2.24) is 4.98 Å². The van der Waals surface area contributed by atoms with Crippen LogP contribution in [-0.4, -0.2) is 18.6 Å². The molecule has 0 aliphatic carbocycles.